The van der Waals surface area contributed by atoms with Crippen molar-refractivity contribution in [1.82, 2.24) is 0 Å². The predicted octanol–water partition coefficient (Wildman–Crippen LogP) is 38.6. The molecule has 704 valence electrons. The van der Waals surface area contributed by atoms with Gasteiger partial charge in [-0.2, -0.15) is 0 Å². The summed E-state index contributed by atoms with van der Waals surface area (Å²) in [6.45, 7) is 19.5. The number of furan rings is 3. The van der Waals surface area contributed by atoms with Crippen molar-refractivity contribution in [2.24, 2.45) is 0 Å². The van der Waals surface area contributed by atoms with Gasteiger partial charge in [0.25, 0.3) is 0 Å². The first-order valence-electron chi connectivity index (χ1n) is 54.1. The van der Waals surface area contributed by atoms with Gasteiger partial charge in [-0.15, -0.1) is 0 Å². The summed E-state index contributed by atoms with van der Waals surface area (Å²) in [5.41, 5.74) is 57.5. The Morgan fingerprint density at radius 3 is 1.32 bits per heavy atom. The lowest BCUT2D eigenvalue weighted by Crippen LogP contribution is -2.31. The average molecular weight is 1880 g/mol. The number of para-hydroxylation sites is 3. The monoisotopic (exact) mass is 1880 g/mol. The Morgan fingerprint density at radius 2 is 0.733 bits per heavy atom. The van der Waals surface area contributed by atoms with E-state index in [2.05, 4.69) is 425 Å². The van der Waals surface area contributed by atoms with Gasteiger partial charge in [0.1, 0.15) is 33.5 Å². The van der Waals surface area contributed by atoms with Crippen LogP contribution in [0.3, 0.4) is 0 Å². The molecule has 0 N–H and O–H groups in total. The van der Waals surface area contributed by atoms with E-state index in [-0.39, 0.29) is 16.7 Å². The second-order valence-corrected chi connectivity index (χ2v) is 45.5. The summed E-state index contributed by atoms with van der Waals surface area (Å²) in [4.78, 5) is 0. The number of benzene rings is 18. The third-order valence-electron chi connectivity index (χ3n) is 37.1. The lowest BCUT2D eigenvalue weighted by atomic mass is 9.63. The Hall–Kier alpha value is -15.4. The topological polar surface area (TPSA) is 39.4 Å². The van der Waals surface area contributed by atoms with Crippen molar-refractivity contribution in [3.05, 3.63) is 481 Å². The second-order valence-electron chi connectivity index (χ2n) is 45.5. The van der Waals surface area contributed by atoms with Crippen molar-refractivity contribution in [3.8, 4) is 100 Å². The molecule has 3 nitrogen and oxygen atoms in total. The van der Waals surface area contributed by atoms with Gasteiger partial charge < -0.3 is 13.3 Å². The van der Waals surface area contributed by atoms with Crippen LogP contribution in [-0.4, -0.2) is 0 Å². The smallest absolute Gasteiger partial charge is 0.143 e. The summed E-state index contributed by atoms with van der Waals surface area (Å²) >= 11 is 0. The van der Waals surface area contributed by atoms with E-state index >= 15 is 0 Å². The van der Waals surface area contributed by atoms with E-state index in [0.717, 1.165) is 67.4 Å². The van der Waals surface area contributed by atoms with Crippen LogP contribution < -0.4 is 0 Å². The quantitative estimate of drug-likeness (QED) is 0.0598. The zero-order valence-corrected chi connectivity index (χ0v) is 84.4. The summed E-state index contributed by atoms with van der Waals surface area (Å²) in [7, 11) is 0. The van der Waals surface area contributed by atoms with Crippen LogP contribution in [0.1, 0.15) is 250 Å². The molecule has 0 saturated carbocycles. The molecule has 3 heterocycles. The number of hydrogen-bond donors (Lipinski definition) is 0. The third kappa shape index (κ3) is 11.7. The first kappa shape index (κ1) is 86.1. The van der Waals surface area contributed by atoms with Gasteiger partial charge in [0.15, 0.2) is 0 Å². The number of allylic oxidation sites excluding steroid dienone is 5. The maximum atomic E-state index is 7.39. The largest absolute Gasteiger partial charge is 0.456 e. The molecule has 9 aliphatic carbocycles. The van der Waals surface area contributed by atoms with Gasteiger partial charge in [-0.3, -0.25) is 0 Å². The Labute approximate surface area is 854 Å². The molecule has 2 spiro atoms. The van der Waals surface area contributed by atoms with Gasteiger partial charge in [-0.05, 0) is 303 Å². The molecule has 18 aromatic carbocycles. The van der Waals surface area contributed by atoms with Crippen LogP contribution in [0, 0.1) is 0 Å². The Morgan fingerprint density at radius 1 is 0.295 bits per heavy atom. The highest BCUT2D eigenvalue weighted by Gasteiger charge is 2.61. The molecule has 1 unspecified atom stereocenters. The van der Waals surface area contributed by atoms with Crippen molar-refractivity contribution in [2.45, 2.75) is 184 Å². The van der Waals surface area contributed by atoms with Crippen LogP contribution in [0.15, 0.2) is 388 Å². The fraction of sp³-hybridized carbons (Fsp3) is 0.203. The van der Waals surface area contributed by atoms with Crippen LogP contribution in [0.2, 0.25) is 0 Å². The van der Waals surface area contributed by atoms with Gasteiger partial charge in [0.05, 0.1) is 10.8 Å². The van der Waals surface area contributed by atoms with Gasteiger partial charge in [0, 0.05) is 71.0 Å². The minimum absolute atomic E-state index is 0.00819. The first-order chi connectivity index (χ1) is 71.6. The molecule has 0 radical (unpaired) electrons. The van der Waals surface area contributed by atoms with E-state index in [0.29, 0.717) is 6.42 Å². The molecule has 1 atom stereocenters. The highest BCUT2D eigenvalue weighted by atomic mass is 16.3. The van der Waals surface area contributed by atoms with Crippen molar-refractivity contribution in [3.63, 3.8) is 0 Å². The fourth-order valence-electron chi connectivity index (χ4n) is 30.4. The number of rotatable bonds is 19. The van der Waals surface area contributed by atoms with Crippen LogP contribution in [0.5, 0.6) is 0 Å². The zero-order chi connectivity index (χ0) is 97.3. The van der Waals surface area contributed by atoms with Crippen LogP contribution >= 0.6 is 0 Å². The maximum Gasteiger partial charge on any atom is 0.143 e. The molecule has 0 aliphatic heterocycles. The van der Waals surface area contributed by atoms with E-state index in [1.165, 1.54) is 299 Å². The molecule has 0 bridgehead atoms. The molecular formula is C143H114O3. The predicted molar refractivity (Wildman–Crippen MR) is 607 cm³/mol. The van der Waals surface area contributed by atoms with Crippen molar-refractivity contribution in [2.75, 3.05) is 0 Å². The van der Waals surface area contributed by atoms with Crippen LogP contribution in [0.4, 0.5) is 0 Å². The summed E-state index contributed by atoms with van der Waals surface area (Å²) in [5, 5.41) is 7.07. The Bertz CT molecular complexity index is 9280. The van der Waals surface area contributed by atoms with Crippen molar-refractivity contribution < 1.29 is 13.3 Å². The fourth-order valence-corrected chi connectivity index (χ4v) is 30.4. The first-order valence-corrected chi connectivity index (χ1v) is 54.1. The Kier molecular flexibility index (Phi) is 18.6. The molecule has 0 saturated heterocycles. The van der Waals surface area contributed by atoms with E-state index in [1.54, 1.807) is 11.1 Å². The van der Waals surface area contributed by atoms with Crippen LogP contribution in [0.25, 0.3) is 183 Å². The van der Waals surface area contributed by atoms with Gasteiger partial charge in [-0.1, -0.05) is 429 Å². The van der Waals surface area contributed by atoms with Crippen molar-refractivity contribution >= 4 is 83.0 Å². The highest BCUT2D eigenvalue weighted by Crippen LogP contribution is 2.73. The molecule has 21 aromatic rings. The lowest BCUT2D eigenvalue weighted by Gasteiger charge is -2.38. The number of unbranched alkanes of at least 4 members (excludes halogenated alkanes) is 8. The minimum atomic E-state index is -0.620. The summed E-state index contributed by atoms with van der Waals surface area (Å²) in [6.07, 6.45) is 22.1. The van der Waals surface area contributed by atoms with Gasteiger partial charge in [-0.25, -0.2) is 0 Å². The normalized spacial score (nSPS) is 16.7. The van der Waals surface area contributed by atoms with Crippen LogP contribution in [-0.2, 0) is 38.9 Å². The molecule has 3 heteroatoms. The van der Waals surface area contributed by atoms with E-state index in [4.69, 9.17) is 13.3 Å². The van der Waals surface area contributed by atoms with Gasteiger partial charge in [0.2, 0.25) is 0 Å². The standard InChI is InChI=1S/C143H114O3/c1-9-11-13-15-36-70-141(71-37-16-14-12-10-2)110-48-28-20-40-92(110)99-65-59-88(78-120(99)141)87-58-64-97-98-66-61-90(79-118(98)138(3,4)117(97)76-87)107-81-125-130(135-105-47-27-35-55-128(105)146-137(107)135)101-63-57-84(74-116(101)139(125,5)6)72-91(89-60-67-102-119(77-89)140(7,8)124-80-106(86-38-18-17-19-39-86)136-134(131(102)124)104-46-26-34-54-127(104)145-136)73-85-56-62-100-108-82-123-109(83-122(108)143(121(100)75-85)113-51-31-23-43-95(113)96-44-24-32-52-114(96)143)132-115(68-69-129-133(132)103-45-25-33-53-126(103)144-129)142(123)111-49-29-21-41-93(111)94-42-22-30-50-112(94)142/h17-35,38-69,72,74-82,109H,9-16,36-37,70-71,73,83H2,1-8H3/b91-72-. The molecule has 3 aromatic heterocycles. The minimum Gasteiger partial charge on any atom is -0.456 e. The summed E-state index contributed by atoms with van der Waals surface area (Å²) in [6, 6.07) is 139. The molecule has 0 amide bonds. The third-order valence-corrected chi connectivity index (χ3v) is 37.1. The highest BCUT2D eigenvalue weighted by molar-refractivity contribution is 6.21. The average Bonchev–Trinajstić information content (AvgIpc) is 1.48. The Balaban J connectivity index is 0.563. The second kappa shape index (κ2) is 31.6. The van der Waals surface area contributed by atoms with Crippen molar-refractivity contribution in [1.29, 1.82) is 0 Å². The summed E-state index contributed by atoms with van der Waals surface area (Å²) in [5.74, 6) is 0.0216. The molecular weight excluding hydrogens is 1770 g/mol. The van der Waals surface area contributed by atoms with E-state index in [1.807, 2.05) is 0 Å². The van der Waals surface area contributed by atoms with E-state index < -0.39 is 21.7 Å². The van der Waals surface area contributed by atoms with E-state index in [9.17, 15) is 0 Å². The number of fused-ring (bicyclic) bond motifs is 43. The number of hydrogen-bond acceptors (Lipinski definition) is 3. The molecule has 146 heavy (non-hydrogen) atoms. The zero-order valence-electron chi connectivity index (χ0n) is 84.4. The summed E-state index contributed by atoms with van der Waals surface area (Å²) < 4.78 is 21.5. The van der Waals surface area contributed by atoms with Gasteiger partial charge >= 0.3 is 0 Å². The molecule has 9 aliphatic rings. The lowest BCUT2D eigenvalue weighted by molar-refractivity contribution is 0.399. The molecule has 0 fully saturated rings. The molecule has 30 rings (SSSR count). The SMILES string of the molecule is CCCCCCCC1(CCCCCCC)c2ccccc2-c2ccc(-c3ccc4c(c3)C(C)(C)c3cc(-c5cc6c(c7c5oc5ccccc57)-c5ccc(/C=C(/Cc7ccc8c(c7)C7(C9=C8C=C8C(C9)c9c(ccc%10oc%11ccccc%11c9%10)C89c8ccccc8-c8ccccc89)c8ccccc8-c8ccccc87)c7ccc8c(c7)C(C)(C)c7cc(-c9ccccc9)c9oc%10ccccc%10c9c7-8)cc5C6(C)C)ccc3-4)cc21. The maximum absolute atomic E-state index is 7.39.